The van der Waals surface area contributed by atoms with E-state index >= 15 is 0 Å². The van der Waals surface area contributed by atoms with Gasteiger partial charge in [-0.2, -0.15) is 0 Å². The fourth-order valence-electron chi connectivity index (χ4n) is 8.21. The highest BCUT2D eigenvalue weighted by Gasteiger charge is 2.62. The number of guanidine groups is 1. The molecule has 4 saturated carbocycles. The summed E-state index contributed by atoms with van der Waals surface area (Å²) in [6.07, 6.45) is 6.70. The van der Waals surface area contributed by atoms with Gasteiger partial charge in [-0.25, -0.2) is 0 Å². The highest BCUT2D eigenvalue weighted by Crippen LogP contribution is 2.62. The van der Waals surface area contributed by atoms with E-state index < -0.39 is 11.2 Å². The SMILES string of the molecule is C=C(Cc1cc2ccccc2[nH]1)[C@H]1C[C@@H]2CC[C@H]1[C@H]1[C@H](CC[C@@]1(O)CCNC(=NC)NCCCO)[C@]2(C)O. The van der Waals surface area contributed by atoms with E-state index in [-0.39, 0.29) is 24.4 Å². The predicted octanol–water partition coefficient (Wildman–Crippen LogP) is 3.76. The summed E-state index contributed by atoms with van der Waals surface area (Å²) in [6.45, 7) is 8.05. The van der Waals surface area contributed by atoms with E-state index in [2.05, 4.69) is 57.5 Å². The molecule has 7 heteroatoms. The second-order valence-electron chi connectivity index (χ2n) is 12.3. The molecule has 7 atom stereocenters. The highest BCUT2D eigenvalue weighted by atomic mass is 16.3. The Morgan fingerprint density at radius 2 is 1.95 bits per heavy atom. The zero-order valence-electron chi connectivity index (χ0n) is 23.0. The summed E-state index contributed by atoms with van der Waals surface area (Å²) in [6, 6.07) is 10.6. The standard InChI is InChI=1S/C31H46N4O3/c1-20(17-23-18-21-7-4-5-8-27(21)35-23)25-19-22-9-10-24(25)28-26(30(22,2)37)11-12-31(28,38)13-15-34-29(32-3)33-14-6-16-36/h4-5,7-8,18,22,24-26,28,35-38H,1,6,9-17,19H2,2-3H3,(H2,32,33,34)/t22-,24+,25+,26-,28-,30+,31+/m0/s1. The van der Waals surface area contributed by atoms with Gasteiger partial charge >= 0.3 is 0 Å². The number of para-hydroxylation sites is 1. The fraction of sp³-hybridized carbons (Fsp3) is 0.645. The molecule has 4 aliphatic rings. The van der Waals surface area contributed by atoms with Crippen LogP contribution in [0.5, 0.6) is 0 Å². The first kappa shape index (κ1) is 27.2. The first-order valence-corrected chi connectivity index (χ1v) is 14.5. The molecule has 0 radical (unpaired) electrons. The zero-order chi connectivity index (χ0) is 26.9. The third-order valence-electron chi connectivity index (χ3n) is 10.1. The number of allylic oxidation sites excluding steroid dienone is 1. The molecule has 0 amide bonds. The van der Waals surface area contributed by atoms with Crippen molar-refractivity contribution in [2.45, 2.75) is 69.5 Å². The first-order chi connectivity index (χ1) is 18.3. The normalized spacial score (nSPS) is 34.8. The Morgan fingerprint density at radius 3 is 2.71 bits per heavy atom. The Bertz CT molecular complexity index is 1120. The maximum Gasteiger partial charge on any atom is 0.190 e. The number of rotatable bonds is 9. The first-order valence-electron chi connectivity index (χ1n) is 14.5. The van der Waals surface area contributed by atoms with Crippen LogP contribution in [0.2, 0.25) is 0 Å². The van der Waals surface area contributed by atoms with Gasteiger partial charge in [0.2, 0.25) is 0 Å². The molecule has 2 bridgehead atoms. The van der Waals surface area contributed by atoms with Crippen LogP contribution in [0.4, 0.5) is 0 Å². The number of aromatic nitrogens is 1. The Hall–Kier alpha value is -2.35. The van der Waals surface area contributed by atoms with E-state index in [4.69, 9.17) is 5.11 Å². The fourth-order valence-corrected chi connectivity index (χ4v) is 8.21. The van der Waals surface area contributed by atoms with Gasteiger partial charge in [0.25, 0.3) is 0 Å². The summed E-state index contributed by atoms with van der Waals surface area (Å²) >= 11 is 0. The van der Waals surface area contributed by atoms with Crippen molar-refractivity contribution in [3.05, 3.63) is 48.2 Å². The number of hydrogen-bond donors (Lipinski definition) is 6. The van der Waals surface area contributed by atoms with E-state index in [0.717, 1.165) is 44.0 Å². The largest absolute Gasteiger partial charge is 0.396 e. The molecule has 2 aromatic rings. The summed E-state index contributed by atoms with van der Waals surface area (Å²) in [5.74, 6) is 1.73. The molecule has 38 heavy (non-hydrogen) atoms. The number of aliphatic imine (C=N–C) groups is 1. The van der Waals surface area contributed by atoms with Gasteiger partial charge in [-0.15, -0.1) is 0 Å². The Labute approximate surface area is 226 Å². The van der Waals surface area contributed by atoms with Crippen LogP contribution < -0.4 is 10.6 Å². The zero-order valence-corrected chi connectivity index (χ0v) is 23.0. The molecule has 1 aromatic carbocycles. The maximum absolute atomic E-state index is 12.2. The molecule has 4 aliphatic carbocycles. The number of hydrogen-bond acceptors (Lipinski definition) is 4. The lowest BCUT2D eigenvalue weighted by molar-refractivity contribution is -0.0854. The highest BCUT2D eigenvalue weighted by molar-refractivity contribution is 5.80. The molecule has 1 heterocycles. The lowest BCUT2D eigenvalue weighted by Crippen LogP contribution is -2.48. The molecular weight excluding hydrogens is 476 g/mol. The van der Waals surface area contributed by atoms with Gasteiger partial charge in [-0.05, 0) is 99.0 Å². The monoisotopic (exact) mass is 522 g/mol. The molecule has 6 rings (SSSR count). The van der Waals surface area contributed by atoms with E-state index in [1.165, 1.54) is 16.7 Å². The molecule has 1 aromatic heterocycles. The van der Waals surface area contributed by atoms with Crippen molar-refractivity contribution in [2.24, 2.45) is 34.6 Å². The van der Waals surface area contributed by atoms with Gasteiger partial charge in [-0.3, -0.25) is 4.99 Å². The molecule has 0 spiro atoms. The van der Waals surface area contributed by atoms with Gasteiger partial charge in [-0.1, -0.05) is 30.4 Å². The number of aromatic amines is 1. The summed E-state index contributed by atoms with van der Waals surface area (Å²) in [4.78, 5) is 7.84. The van der Waals surface area contributed by atoms with Gasteiger partial charge in [0, 0.05) is 44.4 Å². The molecule has 0 unspecified atom stereocenters. The van der Waals surface area contributed by atoms with Crippen LogP contribution in [0.3, 0.4) is 0 Å². The van der Waals surface area contributed by atoms with Crippen LogP contribution in [-0.2, 0) is 6.42 Å². The van der Waals surface area contributed by atoms with Crippen LogP contribution in [0.1, 0.15) is 57.6 Å². The lowest BCUT2D eigenvalue weighted by Gasteiger charge is -2.42. The number of nitrogens with zero attached hydrogens (tertiary/aromatic N) is 1. The number of nitrogens with one attached hydrogen (secondary N) is 3. The smallest absolute Gasteiger partial charge is 0.190 e. The predicted molar refractivity (Wildman–Crippen MR) is 153 cm³/mol. The van der Waals surface area contributed by atoms with E-state index in [0.29, 0.717) is 43.7 Å². The summed E-state index contributed by atoms with van der Waals surface area (Å²) in [7, 11) is 1.74. The molecule has 0 saturated heterocycles. The van der Waals surface area contributed by atoms with Gasteiger partial charge < -0.3 is 30.9 Å². The summed E-state index contributed by atoms with van der Waals surface area (Å²) < 4.78 is 0. The average Bonchev–Trinajstić information content (AvgIpc) is 3.42. The van der Waals surface area contributed by atoms with Crippen molar-refractivity contribution in [1.82, 2.24) is 15.6 Å². The second-order valence-corrected chi connectivity index (χ2v) is 12.3. The number of aliphatic hydroxyl groups excluding tert-OH is 1. The summed E-state index contributed by atoms with van der Waals surface area (Å²) in [5.41, 5.74) is 1.97. The lowest BCUT2D eigenvalue weighted by atomic mass is 9.65. The third kappa shape index (κ3) is 5.13. The van der Waals surface area contributed by atoms with Crippen LogP contribution in [0.25, 0.3) is 10.9 Å². The Balaban J connectivity index is 1.33. The second kappa shape index (κ2) is 11.0. The van der Waals surface area contributed by atoms with Crippen molar-refractivity contribution in [3.8, 4) is 0 Å². The van der Waals surface area contributed by atoms with Crippen molar-refractivity contribution >= 4 is 16.9 Å². The average molecular weight is 523 g/mol. The quantitative estimate of drug-likeness (QED) is 0.130. The minimum atomic E-state index is -0.824. The molecule has 7 nitrogen and oxygen atoms in total. The molecule has 6 N–H and O–H groups in total. The molecule has 0 aliphatic heterocycles. The van der Waals surface area contributed by atoms with Gasteiger partial charge in [0.05, 0.1) is 11.2 Å². The number of benzene rings is 1. The van der Waals surface area contributed by atoms with Crippen molar-refractivity contribution < 1.29 is 15.3 Å². The Morgan fingerprint density at radius 1 is 1.16 bits per heavy atom. The topological polar surface area (TPSA) is 113 Å². The van der Waals surface area contributed by atoms with E-state index in [1.807, 2.05) is 6.92 Å². The molecule has 4 fully saturated rings. The van der Waals surface area contributed by atoms with Crippen LogP contribution in [0, 0.1) is 29.6 Å². The van der Waals surface area contributed by atoms with Crippen molar-refractivity contribution in [3.63, 3.8) is 0 Å². The van der Waals surface area contributed by atoms with Crippen LogP contribution in [0.15, 0.2) is 47.5 Å². The van der Waals surface area contributed by atoms with Gasteiger partial charge in [0.1, 0.15) is 0 Å². The van der Waals surface area contributed by atoms with Crippen molar-refractivity contribution in [2.75, 3.05) is 26.7 Å². The minimum Gasteiger partial charge on any atom is -0.396 e. The van der Waals surface area contributed by atoms with Crippen LogP contribution >= 0.6 is 0 Å². The third-order valence-corrected chi connectivity index (χ3v) is 10.1. The minimum absolute atomic E-state index is 0.0561. The van der Waals surface area contributed by atoms with Crippen LogP contribution in [-0.4, -0.2) is 64.2 Å². The molecular formula is C31H46N4O3. The van der Waals surface area contributed by atoms with Crippen molar-refractivity contribution in [1.29, 1.82) is 0 Å². The molecule has 208 valence electrons. The van der Waals surface area contributed by atoms with E-state index in [1.54, 1.807) is 7.05 Å². The summed E-state index contributed by atoms with van der Waals surface area (Å²) in [5, 5.41) is 40.9. The number of H-pyrrole nitrogens is 1. The van der Waals surface area contributed by atoms with E-state index in [9.17, 15) is 10.2 Å². The van der Waals surface area contributed by atoms with Gasteiger partial charge in [0.15, 0.2) is 5.96 Å². The number of aliphatic hydroxyl groups is 3. The number of fused-ring (bicyclic) bond motifs is 3. The Kier molecular flexibility index (Phi) is 7.90. The maximum atomic E-state index is 12.2.